The molecule has 0 N–H and O–H groups in total. The van der Waals surface area contributed by atoms with E-state index in [0.717, 1.165) is 6.42 Å². The van der Waals surface area contributed by atoms with Gasteiger partial charge in [0.15, 0.2) is 8.32 Å². The summed E-state index contributed by atoms with van der Waals surface area (Å²) in [6, 6.07) is 0. The first-order valence-electron chi connectivity index (χ1n) is 5.40. The molecule has 15 heavy (non-hydrogen) atoms. The fraction of sp³-hybridized carbons (Fsp3) is 0.750. The first kappa shape index (κ1) is 15.0. The molecular formula is C12H23ClOSi. The number of halogens is 1. The molecule has 0 bridgehead atoms. The Balaban J connectivity index is 4.01. The molecule has 0 aromatic carbocycles. The highest BCUT2D eigenvalue weighted by Gasteiger charge is 2.36. The molecule has 0 aliphatic rings. The van der Waals surface area contributed by atoms with Gasteiger partial charge in [-0.05, 0) is 36.7 Å². The second kappa shape index (κ2) is 6.54. The van der Waals surface area contributed by atoms with E-state index >= 15 is 0 Å². The van der Waals surface area contributed by atoms with E-state index in [1.54, 1.807) is 0 Å². The third-order valence-corrected chi connectivity index (χ3v) is 7.54. The summed E-state index contributed by atoms with van der Waals surface area (Å²) in [5.41, 5.74) is 3.07. The van der Waals surface area contributed by atoms with E-state index in [2.05, 4.69) is 39.6 Å². The lowest BCUT2D eigenvalue weighted by Crippen LogP contribution is -2.40. The molecule has 0 heterocycles. The van der Waals surface area contributed by atoms with Crippen LogP contribution in [0.1, 0.15) is 27.2 Å². The van der Waals surface area contributed by atoms with Crippen LogP contribution in [0.3, 0.4) is 0 Å². The zero-order valence-corrected chi connectivity index (χ0v) is 12.3. The smallest absolute Gasteiger partial charge is 0.192 e. The highest BCUT2D eigenvalue weighted by atomic mass is 35.5. The zero-order chi connectivity index (χ0) is 11.9. The van der Waals surface area contributed by atoms with Gasteiger partial charge in [-0.25, -0.2) is 0 Å². The maximum Gasteiger partial charge on any atom is 0.192 e. The summed E-state index contributed by atoms with van der Waals surface area (Å²) in [6.07, 6.45) is 4.76. The van der Waals surface area contributed by atoms with E-state index in [0.29, 0.717) is 12.5 Å². The van der Waals surface area contributed by atoms with Crippen LogP contribution in [0.2, 0.25) is 18.1 Å². The number of rotatable bonds is 5. The van der Waals surface area contributed by atoms with Crippen molar-refractivity contribution in [3.8, 4) is 0 Å². The normalized spacial score (nSPS) is 12.1. The summed E-state index contributed by atoms with van der Waals surface area (Å²) >= 11 is 5.54. The van der Waals surface area contributed by atoms with Gasteiger partial charge in [0.05, 0.1) is 6.61 Å². The molecule has 0 saturated heterocycles. The molecule has 0 spiro atoms. The molecule has 88 valence electrons. The average molecular weight is 247 g/mol. The SMILES string of the molecule is CC(C)(C)[Si](C)(C)OCC=C=CCCCl. The fourth-order valence-corrected chi connectivity index (χ4v) is 1.78. The van der Waals surface area contributed by atoms with Crippen molar-refractivity contribution >= 4 is 19.9 Å². The van der Waals surface area contributed by atoms with E-state index < -0.39 is 8.32 Å². The lowest BCUT2D eigenvalue weighted by molar-refractivity contribution is 0.328. The van der Waals surface area contributed by atoms with Gasteiger partial charge in [0.2, 0.25) is 0 Å². The largest absolute Gasteiger partial charge is 0.413 e. The number of hydrogen-bond acceptors (Lipinski definition) is 1. The van der Waals surface area contributed by atoms with Crippen molar-refractivity contribution in [3.63, 3.8) is 0 Å². The van der Waals surface area contributed by atoms with Crippen LogP contribution in [0.5, 0.6) is 0 Å². The van der Waals surface area contributed by atoms with Gasteiger partial charge < -0.3 is 4.43 Å². The van der Waals surface area contributed by atoms with E-state index in [1.165, 1.54) is 0 Å². The minimum absolute atomic E-state index is 0.278. The molecule has 0 aliphatic carbocycles. The van der Waals surface area contributed by atoms with Gasteiger partial charge in [0.1, 0.15) is 0 Å². The van der Waals surface area contributed by atoms with Crippen molar-refractivity contribution < 1.29 is 4.43 Å². The second-order valence-electron chi connectivity index (χ2n) is 5.12. The molecule has 0 aliphatic heterocycles. The van der Waals surface area contributed by atoms with Crippen molar-refractivity contribution in [1.82, 2.24) is 0 Å². The third-order valence-electron chi connectivity index (χ3n) is 2.82. The third kappa shape index (κ3) is 6.21. The van der Waals surface area contributed by atoms with Crippen LogP contribution in [0.4, 0.5) is 0 Å². The Morgan fingerprint density at radius 2 is 1.87 bits per heavy atom. The van der Waals surface area contributed by atoms with Crippen LogP contribution in [-0.4, -0.2) is 20.8 Å². The Morgan fingerprint density at radius 1 is 1.27 bits per heavy atom. The molecule has 3 heteroatoms. The van der Waals surface area contributed by atoms with Gasteiger partial charge in [-0.1, -0.05) is 20.8 Å². The lowest BCUT2D eigenvalue weighted by Gasteiger charge is -2.35. The number of alkyl halides is 1. The first-order valence-corrected chi connectivity index (χ1v) is 8.85. The van der Waals surface area contributed by atoms with E-state index in [4.69, 9.17) is 16.0 Å². The predicted molar refractivity (Wildman–Crippen MR) is 71.1 cm³/mol. The Hall–Kier alpha value is -0.0131. The van der Waals surface area contributed by atoms with Crippen LogP contribution < -0.4 is 0 Å². The standard InChI is InChI=1S/C12H23ClOSi/c1-12(2,3)15(4,5)14-11-9-7-6-8-10-13/h6,9H,8,10-11H2,1-5H3. The Bertz CT molecular complexity index is 234. The van der Waals surface area contributed by atoms with Crippen LogP contribution in [0.25, 0.3) is 0 Å². The summed E-state index contributed by atoms with van der Waals surface area (Å²) in [5.74, 6) is 0.657. The average Bonchev–Trinajstić information content (AvgIpc) is 2.09. The highest BCUT2D eigenvalue weighted by Crippen LogP contribution is 2.36. The molecule has 0 fully saturated rings. The van der Waals surface area contributed by atoms with Gasteiger partial charge in [0, 0.05) is 5.88 Å². The van der Waals surface area contributed by atoms with E-state index in [-0.39, 0.29) is 5.04 Å². The van der Waals surface area contributed by atoms with Gasteiger partial charge in [-0.3, -0.25) is 0 Å². The maximum atomic E-state index is 5.94. The topological polar surface area (TPSA) is 9.23 Å². The fourth-order valence-electron chi connectivity index (χ4n) is 0.736. The summed E-state index contributed by atoms with van der Waals surface area (Å²) < 4.78 is 5.94. The molecule has 0 saturated carbocycles. The molecule has 0 rings (SSSR count). The summed E-state index contributed by atoms with van der Waals surface area (Å²) in [5, 5.41) is 0.278. The molecular weight excluding hydrogens is 224 g/mol. The van der Waals surface area contributed by atoms with Crippen molar-refractivity contribution in [2.24, 2.45) is 0 Å². The summed E-state index contributed by atoms with van der Waals surface area (Å²) in [4.78, 5) is 0. The molecule has 0 amide bonds. The molecule has 0 aromatic heterocycles. The van der Waals surface area contributed by atoms with Gasteiger partial charge in [-0.2, -0.15) is 0 Å². The molecule has 0 radical (unpaired) electrons. The van der Waals surface area contributed by atoms with Crippen LogP contribution in [-0.2, 0) is 4.43 Å². The van der Waals surface area contributed by atoms with Crippen LogP contribution in [0.15, 0.2) is 17.9 Å². The van der Waals surface area contributed by atoms with Gasteiger partial charge in [-0.15, -0.1) is 17.3 Å². The summed E-state index contributed by atoms with van der Waals surface area (Å²) in [7, 11) is -1.58. The predicted octanol–water partition coefficient (Wildman–Crippen LogP) is 4.35. The summed E-state index contributed by atoms with van der Waals surface area (Å²) in [6.45, 7) is 11.9. The van der Waals surface area contributed by atoms with Gasteiger partial charge in [0.25, 0.3) is 0 Å². The van der Waals surface area contributed by atoms with Crippen LogP contribution in [0, 0.1) is 0 Å². The Morgan fingerprint density at radius 3 is 2.33 bits per heavy atom. The lowest BCUT2D eigenvalue weighted by atomic mass is 10.2. The van der Waals surface area contributed by atoms with Crippen molar-refractivity contribution in [1.29, 1.82) is 0 Å². The quantitative estimate of drug-likeness (QED) is 0.398. The second-order valence-corrected chi connectivity index (χ2v) is 10.3. The van der Waals surface area contributed by atoms with Crippen LogP contribution >= 0.6 is 11.6 Å². The van der Waals surface area contributed by atoms with E-state index in [1.807, 2.05) is 12.2 Å². The molecule has 0 atom stereocenters. The first-order chi connectivity index (χ1) is 6.81. The van der Waals surface area contributed by atoms with Gasteiger partial charge >= 0.3 is 0 Å². The number of hydrogen-bond donors (Lipinski definition) is 0. The zero-order valence-electron chi connectivity index (χ0n) is 10.6. The Labute approximate surface area is 100 Å². The molecule has 1 nitrogen and oxygen atoms in total. The molecule has 0 aromatic rings. The van der Waals surface area contributed by atoms with Crippen molar-refractivity contribution in [2.75, 3.05) is 12.5 Å². The Kier molecular flexibility index (Phi) is 6.54. The molecule has 0 unspecified atom stereocenters. The van der Waals surface area contributed by atoms with E-state index in [9.17, 15) is 0 Å². The van der Waals surface area contributed by atoms with Crippen molar-refractivity contribution in [3.05, 3.63) is 17.9 Å². The maximum absolute atomic E-state index is 5.94. The minimum atomic E-state index is -1.58. The van der Waals surface area contributed by atoms with Crippen molar-refractivity contribution in [2.45, 2.75) is 45.3 Å². The minimum Gasteiger partial charge on any atom is -0.413 e. The monoisotopic (exact) mass is 246 g/mol. The highest BCUT2D eigenvalue weighted by molar-refractivity contribution is 6.74.